The van der Waals surface area contributed by atoms with E-state index in [-0.39, 0.29) is 5.91 Å². The van der Waals surface area contributed by atoms with Crippen molar-refractivity contribution < 1.29 is 4.79 Å². The molecule has 0 fully saturated rings. The highest BCUT2D eigenvalue weighted by atomic mass is 32.1. The monoisotopic (exact) mass is 290 g/mol. The Hall–Kier alpha value is -1.79. The van der Waals surface area contributed by atoms with E-state index in [0.717, 1.165) is 29.8 Å². The summed E-state index contributed by atoms with van der Waals surface area (Å²) in [7, 11) is 0. The fraction of sp³-hybridized carbons (Fsp3) is 0.357. The largest absolute Gasteiger partial charge is 0.330 e. The third kappa shape index (κ3) is 4.71. The van der Waals surface area contributed by atoms with Gasteiger partial charge in [-0.25, -0.2) is 0 Å². The average molecular weight is 290 g/mol. The Labute approximate surface area is 122 Å². The van der Waals surface area contributed by atoms with E-state index in [9.17, 15) is 4.79 Å². The van der Waals surface area contributed by atoms with E-state index in [1.807, 2.05) is 30.3 Å². The van der Waals surface area contributed by atoms with Crippen molar-refractivity contribution in [2.75, 3.05) is 11.9 Å². The summed E-state index contributed by atoms with van der Waals surface area (Å²) in [6, 6.07) is 9.95. The lowest BCUT2D eigenvalue weighted by molar-refractivity contribution is -0.116. The summed E-state index contributed by atoms with van der Waals surface area (Å²) >= 11 is 1.41. The molecule has 2 aromatic rings. The molecule has 0 aliphatic carbocycles. The lowest BCUT2D eigenvalue weighted by atomic mass is 10.1. The van der Waals surface area contributed by atoms with Gasteiger partial charge in [0.2, 0.25) is 11.0 Å². The third-order valence-electron chi connectivity index (χ3n) is 2.79. The Balaban J connectivity index is 1.78. The molecule has 0 saturated heterocycles. The minimum Gasteiger partial charge on any atom is -0.330 e. The normalized spacial score (nSPS) is 10.4. The zero-order valence-corrected chi connectivity index (χ0v) is 12.0. The van der Waals surface area contributed by atoms with Crippen LogP contribution in [0.25, 0.3) is 0 Å². The molecular formula is C14H18N4OS. The zero-order chi connectivity index (χ0) is 14.2. The number of aryl methyl sites for hydroxylation is 2. The van der Waals surface area contributed by atoms with Crippen molar-refractivity contribution in [1.82, 2.24) is 10.2 Å². The molecule has 6 heteroatoms. The predicted octanol–water partition coefficient (Wildman–Crippen LogP) is 2.00. The number of nitrogens with one attached hydrogen (secondary N) is 1. The van der Waals surface area contributed by atoms with Crippen LogP contribution in [0.1, 0.15) is 23.4 Å². The number of anilines is 1. The van der Waals surface area contributed by atoms with Crippen molar-refractivity contribution in [3.05, 3.63) is 40.9 Å². The van der Waals surface area contributed by atoms with Crippen LogP contribution in [-0.4, -0.2) is 22.6 Å². The van der Waals surface area contributed by atoms with Crippen LogP contribution in [0.15, 0.2) is 30.3 Å². The van der Waals surface area contributed by atoms with E-state index >= 15 is 0 Å². The molecule has 0 bridgehead atoms. The number of amides is 1. The molecule has 20 heavy (non-hydrogen) atoms. The summed E-state index contributed by atoms with van der Waals surface area (Å²) in [6.45, 7) is 0.637. The average Bonchev–Trinajstić information content (AvgIpc) is 2.91. The molecule has 3 N–H and O–H groups in total. The summed E-state index contributed by atoms with van der Waals surface area (Å²) in [5.41, 5.74) is 6.60. The van der Waals surface area contributed by atoms with Gasteiger partial charge in [-0.05, 0) is 24.9 Å². The van der Waals surface area contributed by atoms with Crippen molar-refractivity contribution in [3.8, 4) is 0 Å². The first kappa shape index (κ1) is 14.6. The predicted molar refractivity (Wildman–Crippen MR) is 80.7 cm³/mol. The van der Waals surface area contributed by atoms with Crippen LogP contribution in [0.3, 0.4) is 0 Å². The molecule has 0 saturated carbocycles. The van der Waals surface area contributed by atoms with Gasteiger partial charge in [0.15, 0.2) is 0 Å². The quantitative estimate of drug-likeness (QED) is 0.817. The molecular weight excluding hydrogens is 272 g/mol. The van der Waals surface area contributed by atoms with E-state index in [2.05, 4.69) is 15.5 Å². The summed E-state index contributed by atoms with van der Waals surface area (Å²) in [6.07, 6.45) is 2.87. The molecule has 2 rings (SSSR count). The molecule has 0 aliphatic rings. The first-order valence-electron chi connectivity index (χ1n) is 6.64. The van der Waals surface area contributed by atoms with Crippen LogP contribution < -0.4 is 11.1 Å². The molecule has 0 unspecified atom stereocenters. The van der Waals surface area contributed by atoms with Gasteiger partial charge in [-0.2, -0.15) is 0 Å². The summed E-state index contributed by atoms with van der Waals surface area (Å²) in [5, 5.41) is 12.2. The second-order valence-corrected chi connectivity index (χ2v) is 5.49. The SMILES string of the molecule is NCCCc1nnc(NC(=O)CCc2ccccc2)s1. The summed E-state index contributed by atoms with van der Waals surface area (Å²) in [4.78, 5) is 11.8. The Bertz CT molecular complexity index is 541. The van der Waals surface area contributed by atoms with Crippen LogP contribution in [0.4, 0.5) is 5.13 Å². The number of nitrogens with zero attached hydrogens (tertiary/aromatic N) is 2. The third-order valence-corrected chi connectivity index (χ3v) is 3.69. The molecule has 0 radical (unpaired) electrons. The van der Waals surface area contributed by atoms with Crippen molar-refractivity contribution in [3.63, 3.8) is 0 Å². The highest BCUT2D eigenvalue weighted by Crippen LogP contribution is 2.16. The fourth-order valence-corrected chi connectivity index (χ4v) is 2.54. The highest BCUT2D eigenvalue weighted by molar-refractivity contribution is 7.15. The molecule has 1 aromatic heterocycles. The van der Waals surface area contributed by atoms with Crippen molar-refractivity contribution in [2.45, 2.75) is 25.7 Å². The molecule has 0 spiro atoms. The van der Waals surface area contributed by atoms with Crippen molar-refractivity contribution in [1.29, 1.82) is 0 Å². The lowest BCUT2D eigenvalue weighted by Crippen LogP contribution is -2.12. The van der Waals surface area contributed by atoms with Gasteiger partial charge in [0, 0.05) is 12.8 Å². The van der Waals surface area contributed by atoms with Gasteiger partial charge in [-0.3, -0.25) is 4.79 Å². The van der Waals surface area contributed by atoms with Gasteiger partial charge in [-0.15, -0.1) is 10.2 Å². The molecule has 1 aromatic carbocycles. The van der Waals surface area contributed by atoms with Crippen molar-refractivity contribution in [2.24, 2.45) is 5.73 Å². The van der Waals surface area contributed by atoms with E-state index in [0.29, 0.717) is 18.1 Å². The van der Waals surface area contributed by atoms with Gasteiger partial charge >= 0.3 is 0 Å². The maximum absolute atomic E-state index is 11.8. The molecule has 0 atom stereocenters. The van der Waals surface area contributed by atoms with E-state index in [4.69, 9.17) is 5.73 Å². The summed E-state index contributed by atoms with van der Waals surface area (Å²) < 4.78 is 0. The van der Waals surface area contributed by atoms with Gasteiger partial charge in [0.05, 0.1) is 0 Å². The standard InChI is InChI=1S/C14H18N4OS/c15-10-4-7-13-17-18-14(20-13)16-12(19)9-8-11-5-2-1-3-6-11/h1-3,5-6H,4,7-10,15H2,(H,16,18,19). The molecule has 1 amide bonds. The second kappa shape index (κ2) is 7.72. The van der Waals surface area contributed by atoms with Gasteiger partial charge < -0.3 is 11.1 Å². The number of nitrogens with two attached hydrogens (primary N) is 1. The van der Waals surface area contributed by atoms with Gasteiger partial charge in [0.1, 0.15) is 5.01 Å². The molecule has 106 valence electrons. The lowest BCUT2D eigenvalue weighted by Gasteiger charge is -2.01. The number of aromatic nitrogens is 2. The fourth-order valence-electron chi connectivity index (χ4n) is 1.74. The maximum Gasteiger partial charge on any atom is 0.226 e. The van der Waals surface area contributed by atoms with E-state index < -0.39 is 0 Å². The van der Waals surface area contributed by atoms with Crippen LogP contribution in [0.2, 0.25) is 0 Å². The number of hydrogen-bond donors (Lipinski definition) is 2. The minimum atomic E-state index is -0.0321. The Morgan fingerprint density at radius 2 is 2.00 bits per heavy atom. The molecule has 5 nitrogen and oxygen atoms in total. The number of hydrogen-bond acceptors (Lipinski definition) is 5. The first-order valence-corrected chi connectivity index (χ1v) is 7.46. The Kier molecular flexibility index (Phi) is 5.64. The van der Waals surface area contributed by atoms with Crippen molar-refractivity contribution >= 4 is 22.4 Å². The zero-order valence-electron chi connectivity index (χ0n) is 11.2. The first-order chi connectivity index (χ1) is 9.78. The number of rotatable bonds is 7. The Morgan fingerprint density at radius 3 is 2.75 bits per heavy atom. The molecule has 0 aliphatic heterocycles. The topological polar surface area (TPSA) is 80.9 Å². The second-order valence-electron chi connectivity index (χ2n) is 4.43. The van der Waals surface area contributed by atoms with Crippen LogP contribution in [0.5, 0.6) is 0 Å². The summed E-state index contributed by atoms with van der Waals surface area (Å²) in [5.74, 6) is -0.0321. The highest BCUT2D eigenvalue weighted by Gasteiger charge is 2.08. The number of carbonyl (C=O) groups is 1. The van der Waals surface area contributed by atoms with Gasteiger partial charge in [-0.1, -0.05) is 41.7 Å². The van der Waals surface area contributed by atoms with E-state index in [1.54, 1.807) is 0 Å². The van der Waals surface area contributed by atoms with Crippen LogP contribution >= 0.6 is 11.3 Å². The maximum atomic E-state index is 11.8. The minimum absolute atomic E-state index is 0.0321. The van der Waals surface area contributed by atoms with Crippen LogP contribution in [0, 0.1) is 0 Å². The van der Waals surface area contributed by atoms with Gasteiger partial charge in [0.25, 0.3) is 0 Å². The Morgan fingerprint density at radius 1 is 1.20 bits per heavy atom. The van der Waals surface area contributed by atoms with E-state index in [1.165, 1.54) is 11.3 Å². The number of carbonyl (C=O) groups excluding carboxylic acids is 1. The number of benzene rings is 1. The smallest absolute Gasteiger partial charge is 0.226 e. The van der Waals surface area contributed by atoms with Crippen LogP contribution in [-0.2, 0) is 17.6 Å². The molecule has 1 heterocycles.